The predicted molar refractivity (Wildman–Crippen MR) is 101 cm³/mol. The number of carbonyl (C=O) groups excluding carboxylic acids is 1. The number of aromatic nitrogens is 5. The van der Waals surface area contributed by atoms with Crippen LogP contribution in [-0.2, 0) is 18.3 Å². The zero-order valence-corrected chi connectivity index (χ0v) is 14.5. The van der Waals surface area contributed by atoms with Crippen molar-refractivity contribution in [1.29, 1.82) is 0 Å². The number of aryl methyl sites for hydroxylation is 1. The van der Waals surface area contributed by atoms with Gasteiger partial charge in [-0.3, -0.25) is 9.59 Å². The van der Waals surface area contributed by atoms with Crippen molar-refractivity contribution in [3.05, 3.63) is 77.1 Å². The van der Waals surface area contributed by atoms with E-state index in [1.54, 1.807) is 66.7 Å². The molecule has 4 rings (SSSR count). The van der Waals surface area contributed by atoms with Crippen molar-refractivity contribution >= 4 is 22.4 Å². The first-order valence-corrected chi connectivity index (χ1v) is 8.33. The van der Waals surface area contributed by atoms with E-state index in [0.717, 1.165) is 0 Å². The van der Waals surface area contributed by atoms with Crippen molar-refractivity contribution in [2.75, 3.05) is 5.32 Å². The van der Waals surface area contributed by atoms with E-state index in [1.807, 2.05) is 6.07 Å². The number of hydrogen-bond donors (Lipinski definition) is 1. The van der Waals surface area contributed by atoms with Crippen LogP contribution in [0.4, 0.5) is 5.69 Å². The summed E-state index contributed by atoms with van der Waals surface area (Å²) >= 11 is 0. The summed E-state index contributed by atoms with van der Waals surface area (Å²) in [5, 5.41) is 12.5. The van der Waals surface area contributed by atoms with Crippen LogP contribution in [0, 0.1) is 0 Å². The molecule has 0 aliphatic heterocycles. The fourth-order valence-electron chi connectivity index (χ4n) is 2.92. The van der Waals surface area contributed by atoms with Crippen LogP contribution in [0.3, 0.4) is 0 Å². The molecule has 134 valence electrons. The number of anilines is 1. The monoisotopic (exact) mass is 360 g/mol. The van der Waals surface area contributed by atoms with E-state index < -0.39 is 0 Å². The topological polar surface area (TPSA) is 94.7 Å². The number of nitrogens with one attached hydrogen (secondary N) is 1. The Kier molecular flexibility index (Phi) is 4.21. The molecule has 0 spiro atoms. The predicted octanol–water partition coefficient (Wildman–Crippen LogP) is 1.70. The molecule has 1 aromatic carbocycles. The van der Waals surface area contributed by atoms with Crippen molar-refractivity contribution in [3.8, 4) is 5.82 Å². The Morgan fingerprint density at radius 2 is 1.89 bits per heavy atom. The smallest absolute Gasteiger partial charge is 0.274 e. The third kappa shape index (κ3) is 3.20. The van der Waals surface area contributed by atoms with Gasteiger partial charge in [-0.05, 0) is 24.3 Å². The number of fused-ring (bicyclic) bond motifs is 1. The summed E-state index contributed by atoms with van der Waals surface area (Å²) in [6.45, 7) is 0. The largest absolute Gasteiger partial charge is 0.323 e. The molecule has 8 nitrogen and oxygen atoms in total. The van der Waals surface area contributed by atoms with Gasteiger partial charge in [0.05, 0.1) is 23.2 Å². The summed E-state index contributed by atoms with van der Waals surface area (Å²) in [6, 6.07) is 12.4. The first-order chi connectivity index (χ1) is 13.1. The normalized spacial score (nSPS) is 10.9. The number of pyridine rings is 1. The van der Waals surface area contributed by atoms with Gasteiger partial charge in [-0.25, -0.2) is 14.3 Å². The van der Waals surface area contributed by atoms with E-state index in [2.05, 4.69) is 20.5 Å². The third-order valence-electron chi connectivity index (χ3n) is 4.14. The van der Waals surface area contributed by atoms with Crippen molar-refractivity contribution in [3.63, 3.8) is 0 Å². The van der Waals surface area contributed by atoms with Crippen LogP contribution >= 0.6 is 0 Å². The van der Waals surface area contributed by atoms with Crippen LogP contribution < -0.4 is 10.9 Å². The van der Waals surface area contributed by atoms with Gasteiger partial charge in [-0.1, -0.05) is 18.2 Å². The van der Waals surface area contributed by atoms with E-state index in [9.17, 15) is 9.59 Å². The second kappa shape index (κ2) is 6.83. The first-order valence-electron chi connectivity index (χ1n) is 8.33. The quantitative estimate of drug-likeness (QED) is 0.598. The van der Waals surface area contributed by atoms with E-state index in [-0.39, 0.29) is 17.9 Å². The highest BCUT2D eigenvalue weighted by molar-refractivity contribution is 5.96. The minimum absolute atomic E-state index is 0.0298. The highest BCUT2D eigenvalue weighted by atomic mass is 16.1. The standard InChI is InChI=1S/C19H16N6O2/c1-24-19(27)14-7-3-2-6-13(14)16(23-24)12-17(26)22-15-8-4-9-20-18(15)25-11-5-10-21-25/h2-11H,12H2,1H3,(H,22,26). The third-order valence-corrected chi connectivity index (χ3v) is 4.14. The van der Waals surface area contributed by atoms with E-state index in [1.165, 1.54) is 4.68 Å². The molecule has 4 aromatic rings. The van der Waals surface area contributed by atoms with Gasteiger partial charge in [0.25, 0.3) is 5.56 Å². The van der Waals surface area contributed by atoms with Gasteiger partial charge in [0.1, 0.15) is 0 Å². The van der Waals surface area contributed by atoms with Crippen LogP contribution in [0.2, 0.25) is 0 Å². The summed E-state index contributed by atoms with van der Waals surface area (Å²) in [5.74, 6) is 0.266. The average Bonchev–Trinajstić information content (AvgIpc) is 3.21. The zero-order valence-electron chi connectivity index (χ0n) is 14.5. The lowest BCUT2D eigenvalue weighted by atomic mass is 10.1. The SMILES string of the molecule is Cn1nc(CC(=O)Nc2cccnc2-n2cccn2)c2ccccc2c1=O. The average molecular weight is 360 g/mol. The molecule has 0 radical (unpaired) electrons. The molecule has 0 atom stereocenters. The number of benzene rings is 1. The molecule has 3 heterocycles. The minimum Gasteiger partial charge on any atom is -0.323 e. The lowest BCUT2D eigenvalue weighted by molar-refractivity contribution is -0.115. The van der Waals surface area contributed by atoms with Crippen molar-refractivity contribution in [2.45, 2.75) is 6.42 Å². The zero-order chi connectivity index (χ0) is 18.8. The van der Waals surface area contributed by atoms with Crippen molar-refractivity contribution in [1.82, 2.24) is 24.5 Å². The highest BCUT2D eigenvalue weighted by Gasteiger charge is 2.14. The molecule has 3 aromatic heterocycles. The summed E-state index contributed by atoms with van der Waals surface area (Å²) in [7, 11) is 1.58. The van der Waals surface area contributed by atoms with Gasteiger partial charge >= 0.3 is 0 Å². The molecule has 0 aliphatic rings. The van der Waals surface area contributed by atoms with Gasteiger partial charge in [0.15, 0.2) is 5.82 Å². The fraction of sp³-hybridized carbons (Fsp3) is 0.105. The van der Waals surface area contributed by atoms with Crippen molar-refractivity contribution < 1.29 is 4.79 Å². The minimum atomic E-state index is -0.257. The lowest BCUT2D eigenvalue weighted by Crippen LogP contribution is -2.24. The van der Waals surface area contributed by atoms with Crippen LogP contribution in [-0.4, -0.2) is 30.5 Å². The van der Waals surface area contributed by atoms with E-state index in [4.69, 9.17) is 0 Å². The summed E-state index contributed by atoms with van der Waals surface area (Å²) in [5.41, 5.74) is 0.887. The fourth-order valence-corrected chi connectivity index (χ4v) is 2.92. The number of nitrogens with zero attached hydrogens (tertiary/aromatic N) is 5. The molecule has 0 fully saturated rings. The molecular formula is C19H16N6O2. The molecule has 1 amide bonds. The first kappa shape index (κ1) is 16.6. The van der Waals surface area contributed by atoms with Gasteiger partial charge in [0.2, 0.25) is 5.91 Å². The maximum atomic E-state index is 12.6. The molecule has 0 saturated heterocycles. The number of rotatable bonds is 4. The Balaban J connectivity index is 1.65. The molecule has 0 unspecified atom stereocenters. The molecular weight excluding hydrogens is 344 g/mol. The lowest BCUT2D eigenvalue weighted by Gasteiger charge is -2.11. The summed E-state index contributed by atoms with van der Waals surface area (Å²) < 4.78 is 2.83. The molecule has 8 heteroatoms. The molecule has 0 aliphatic carbocycles. The Morgan fingerprint density at radius 1 is 1.07 bits per heavy atom. The maximum Gasteiger partial charge on any atom is 0.274 e. The molecule has 0 bridgehead atoms. The van der Waals surface area contributed by atoms with Gasteiger partial charge in [-0.2, -0.15) is 10.2 Å². The van der Waals surface area contributed by atoms with Crippen molar-refractivity contribution in [2.24, 2.45) is 7.05 Å². The second-order valence-corrected chi connectivity index (χ2v) is 5.97. The number of hydrogen-bond acceptors (Lipinski definition) is 5. The van der Waals surface area contributed by atoms with Crippen LogP contribution in [0.1, 0.15) is 5.69 Å². The Hall–Kier alpha value is -3.81. The summed E-state index contributed by atoms with van der Waals surface area (Å²) in [4.78, 5) is 29.1. The van der Waals surface area contributed by atoms with E-state index >= 15 is 0 Å². The molecule has 1 N–H and O–H groups in total. The van der Waals surface area contributed by atoms with Crippen LogP contribution in [0.25, 0.3) is 16.6 Å². The maximum absolute atomic E-state index is 12.6. The van der Waals surface area contributed by atoms with E-state index in [0.29, 0.717) is 28.0 Å². The number of carbonyl (C=O) groups is 1. The highest BCUT2D eigenvalue weighted by Crippen LogP contribution is 2.18. The molecule has 27 heavy (non-hydrogen) atoms. The molecule has 0 saturated carbocycles. The Labute approximate surface area is 154 Å². The summed E-state index contributed by atoms with van der Waals surface area (Å²) in [6.07, 6.45) is 5.05. The van der Waals surface area contributed by atoms with Crippen LogP contribution in [0.5, 0.6) is 0 Å². The Morgan fingerprint density at radius 3 is 2.67 bits per heavy atom. The van der Waals surface area contributed by atoms with Gasteiger partial charge in [-0.15, -0.1) is 0 Å². The second-order valence-electron chi connectivity index (χ2n) is 5.97. The van der Waals surface area contributed by atoms with Crippen LogP contribution in [0.15, 0.2) is 65.8 Å². The van der Waals surface area contributed by atoms with Gasteiger partial charge < -0.3 is 5.32 Å². The number of amides is 1. The Bertz CT molecular complexity index is 1180. The van der Waals surface area contributed by atoms with Gasteiger partial charge in [0, 0.05) is 31.0 Å².